The van der Waals surface area contributed by atoms with Gasteiger partial charge in [0.2, 0.25) is 0 Å². The highest BCUT2D eigenvalue weighted by Crippen LogP contribution is 2.07. The van der Waals surface area contributed by atoms with Gasteiger partial charge in [0.1, 0.15) is 0 Å². The molecule has 0 atom stereocenters. The third-order valence-electron chi connectivity index (χ3n) is 3.71. The summed E-state index contributed by atoms with van der Waals surface area (Å²) in [5, 5.41) is 0. The van der Waals surface area contributed by atoms with Gasteiger partial charge in [-0.15, -0.1) is 0 Å². The van der Waals surface area contributed by atoms with Crippen LogP contribution in [-0.4, -0.2) is 24.6 Å². The molecule has 0 aromatic heterocycles. The van der Waals surface area contributed by atoms with Crippen molar-refractivity contribution in [3.05, 3.63) is 71.8 Å². The number of esters is 1. The van der Waals surface area contributed by atoms with Gasteiger partial charge in [-0.3, -0.25) is 14.4 Å². The monoisotopic (exact) mass is 354 g/mol. The molecule has 0 unspecified atom stereocenters. The van der Waals surface area contributed by atoms with E-state index >= 15 is 0 Å². The molecule has 1 rings (SSSR count). The van der Waals surface area contributed by atoms with Crippen LogP contribution in [-0.2, 0) is 25.5 Å². The van der Waals surface area contributed by atoms with Crippen LogP contribution in [0.3, 0.4) is 0 Å². The van der Waals surface area contributed by atoms with E-state index in [0.29, 0.717) is 6.42 Å². The maximum atomic E-state index is 11.8. The van der Waals surface area contributed by atoms with E-state index in [0.717, 1.165) is 12.8 Å². The summed E-state index contributed by atoms with van der Waals surface area (Å²) in [6, 6.07) is 8.35. The van der Waals surface area contributed by atoms with Crippen molar-refractivity contribution in [2.45, 2.75) is 39.0 Å². The van der Waals surface area contributed by atoms with Crippen LogP contribution in [0.5, 0.6) is 0 Å². The molecule has 0 heterocycles. The molecule has 1 aromatic rings. The molecule has 0 fully saturated rings. The van der Waals surface area contributed by atoms with E-state index in [1.807, 2.05) is 0 Å². The zero-order valence-electron chi connectivity index (χ0n) is 15.4. The fourth-order valence-corrected chi connectivity index (χ4v) is 2.17. The molecule has 0 aliphatic heterocycles. The largest absolute Gasteiger partial charge is 0.469 e. The fourth-order valence-electron chi connectivity index (χ4n) is 2.17. The third kappa shape index (κ3) is 10.2. The van der Waals surface area contributed by atoms with E-state index in [4.69, 9.17) is 0 Å². The highest BCUT2D eigenvalue weighted by molar-refractivity contribution is 5.92. The molecule has 0 N–H and O–H groups in total. The summed E-state index contributed by atoms with van der Waals surface area (Å²) in [4.78, 5) is 34.1. The Hall–Kier alpha value is -2.75. The van der Waals surface area contributed by atoms with Crippen LogP contribution in [0.2, 0.25) is 0 Å². The number of ether oxygens (including phenoxy) is 1. The number of carbonyl (C=O) groups is 3. The molecule has 0 spiro atoms. The van der Waals surface area contributed by atoms with Crippen LogP contribution in [0.15, 0.2) is 60.7 Å². The molecule has 1 aromatic carbocycles. The molecular weight excluding hydrogens is 328 g/mol. The molecule has 0 bridgehead atoms. The van der Waals surface area contributed by atoms with Crippen molar-refractivity contribution in [3.63, 3.8) is 0 Å². The summed E-state index contributed by atoms with van der Waals surface area (Å²) in [5.74, 6) is -0.456. The van der Waals surface area contributed by atoms with Gasteiger partial charge >= 0.3 is 5.97 Å². The van der Waals surface area contributed by atoms with Gasteiger partial charge in [-0.05, 0) is 37.5 Å². The number of methoxy groups -OCH3 is 1. The van der Waals surface area contributed by atoms with Crippen molar-refractivity contribution >= 4 is 17.5 Å². The second kappa shape index (κ2) is 12.6. The second-order valence-corrected chi connectivity index (χ2v) is 5.95. The standard InChI is InChI=1S/C22H26O4/c1-18-12-14-19(15-13-18)8-7-11-20(23)9-5-3-4-6-10-21(24)16-17-22(25)26-2/h3-6,9-10,12-15H,7-8,11,16-17H2,1-2H3/b4-3+,9-5+,10-6+. The summed E-state index contributed by atoms with van der Waals surface area (Å²) >= 11 is 0. The lowest BCUT2D eigenvalue weighted by Crippen LogP contribution is -2.03. The minimum atomic E-state index is -0.397. The molecule has 0 saturated heterocycles. The van der Waals surface area contributed by atoms with Gasteiger partial charge in [0.05, 0.1) is 13.5 Å². The summed E-state index contributed by atoms with van der Waals surface area (Å²) < 4.78 is 4.47. The van der Waals surface area contributed by atoms with Gasteiger partial charge in [-0.1, -0.05) is 54.1 Å². The Morgan fingerprint density at radius 1 is 0.846 bits per heavy atom. The number of aryl methyl sites for hydroxylation is 2. The quantitative estimate of drug-likeness (QED) is 0.341. The summed E-state index contributed by atoms with van der Waals surface area (Å²) in [6.45, 7) is 2.05. The zero-order chi connectivity index (χ0) is 19.2. The molecule has 4 heteroatoms. The van der Waals surface area contributed by atoms with Crippen molar-refractivity contribution in [3.8, 4) is 0 Å². The normalized spacial score (nSPS) is 11.5. The molecule has 0 aliphatic rings. The van der Waals surface area contributed by atoms with E-state index in [9.17, 15) is 14.4 Å². The Morgan fingerprint density at radius 2 is 1.42 bits per heavy atom. The fraction of sp³-hybridized carbons (Fsp3) is 0.318. The average Bonchev–Trinajstić information content (AvgIpc) is 2.64. The Bertz CT molecular complexity index is 679. The minimum Gasteiger partial charge on any atom is -0.469 e. The Morgan fingerprint density at radius 3 is 2.00 bits per heavy atom. The van der Waals surface area contributed by atoms with E-state index in [1.54, 1.807) is 30.4 Å². The van der Waals surface area contributed by atoms with Crippen molar-refractivity contribution in [1.82, 2.24) is 0 Å². The smallest absolute Gasteiger partial charge is 0.305 e. The van der Waals surface area contributed by atoms with Crippen molar-refractivity contribution in [2.75, 3.05) is 7.11 Å². The minimum absolute atomic E-state index is 0.0832. The first-order valence-electron chi connectivity index (χ1n) is 8.70. The lowest BCUT2D eigenvalue weighted by molar-refractivity contribution is -0.141. The molecular formula is C22H26O4. The Labute approximate surface area is 155 Å². The maximum Gasteiger partial charge on any atom is 0.305 e. The maximum absolute atomic E-state index is 11.8. The van der Waals surface area contributed by atoms with Crippen molar-refractivity contribution in [1.29, 1.82) is 0 Å². The molecule has 4 nitrogen and oxygen atoms in total. The summed E-state index contributed by atoms with van der Waals surface area (Å²) in [6.07, 6.45) is 12.0. The SMILES string of the molecule is COC(=O)CCC(=O)/C=C/C=C/C=C/C(=O)CCCc1ccc(C)cc1. The lowest BCUT2D eigenvalue weighted by atomic mass is 10.1. The van der Waals surface area contributed by atoms with Crippen molar-refractivity contribution in [2.24, 2.45) is 0 Å². The number of carbonyl (C=O) groups excluding carboxylic acids is 3. The number of ketones is 2. The molecule has 0 amide bonds. The van der Waals surface area contributed by atoms with E-state index in [-0.39, 0.29) is 24.4 Å². The highest BCUT2D eigenvalue weighted by atomic mass is 16.5. The predicted molar refractivity (Wildman–Crippen MR) is 103 cm³/mol. The van der Waals surface area contributed by atoms with Crippen LogP contribution in [0.25, 0.3) is 0 Å². The van der Waals surface area contributed by atoms with Gasteiger partial charge in [-0.2, -0.15) is 0 Å². The molecule has 0 aliphatic carbocycles. The van der Waals surface area contributed by atoms with Crippen molar-refractivity contribution < 1.29 is 19.1 Å². The number of allylic oxidation sites excluding steroid dienone is 6. The van der Waals surface area contributed by atoms with E-state index < -0.39 is 5.97 Å². The van der Waals surface area contributed by atoms with E-state index in [2.05, 4.69) is 35.9 Å². The first kappa shape index (κ1) is 21.3. The van der Waals surface area contributed by atoms with Crippen LogP contribution in [0.4, 0.5) is 0 Å². The van der Waals surface area contributed by atoms with E-state index in [1.165, 1.54) is 24.3 Å². The predicted octanol–water partition coefficient (Wildman–Crippen LogP) is 4.08. The van der Waals surface area contributed by atoms with Gasteiger partial charge < -0.3 is 4.74 Å². The molecule has 138 valence electrons. The number of rotatable bonds is 11. The van der Waals surface area contributed by atoms with Crippen LogP contribution >= 0.6 is 0 Å². The summed E-state index contributed by atoms with van der Waals surface area (Å²) in [7, 11) is 1.29. The van der Waals surface area contributed by atoms with Gasteiger partial charge in [0.15, 0.2) is 11.6 Å². The topological polar surface area (TPSA) is 60.4 Å². The van der Waals surface area contributed by atoms with Gasteiger partial charge in [0, 0.05) is 12.8 Å². The first-order valence-corrected chi connectivity index (χ1v) is 8.70. The van der Waals surface area contributed by atoms with Gasteiger partial charge in [0.25, 0.3) is 0 Å². The summed E-state index contributed by atoms with van der Waals surface area (Å²) in [5.41, 5.74) is 2.48. The second-order valence-electron chi connectivity index (χ2n) is 5.95. The average molecular weight is 354 g/mol. The third-order valence-corrected chi connectivity index (χ3v) is 3.71. The molecule has 0 saturated carbocycles. The van der Waals surface area contributed by atoms with Crippen LogP contribution < -0.4 is 0 Å². The highest BCUT2D eigenvalue weighted by Gasteiger charge is 2.03. The molecule has 26 heavy (non-hydrogen) atoms. The lowest BCUT2D eigenvalue weighted by Gasteiger charge is -2.00. The number of benzene rings is 1. The number of hydrogen-bond donors (Lipinski definition) is 0. The zero-order valence-corrected chi connectivity index (χ0v) is 15.4. The van der Waals surface area contributed by atoms with Crippen LogP contribution in [0.1, 0.15) is 36.8 Å². The number of hydrogen-bond acceptors (Lipinski definition) is 4. The van der Waals surface area contributed by atoms with Crippen LogP contribution in [0, 0.1) is 6.92 Å². The molecule has 0 radical (unpaired) electrons. The Balaban J connectivity index is 2.21. The Kier molecular flexibility index (Phi) is 10.3. The first-order chi connectivity index (χ1) is 12.5. The van der Waals surface area contributed by atoms with Gasteiger partial charge in [-0.25, -0.2) is 0 Å².